The van der Waals surface area contributed by atoms with Crippen LogP contribution in [-0.2, 0) is 16.1 Å². The highest BCUT2D eigenvalue weighted by atomic mass is 16.2. The van der Waals surface area contributed by atoms with E-state index in [0.29, 0.717) is 32.0 Å². The van der Waals surface area contributed by atoms with Gasteiger partial charge >= 0.3 is 0 Å². The van der Waals surface area contributed by atoms with Gasteiger partial charge in [0.25, 0.3) is 0 Å². The zero-order valence-corrected chi connectivity index (χ0v) is 20.6. The zero-order chi connectivity index (χ0) is 24.7. The third-order valence-corrected chi connectivity index (χ3v) is 7.17. The maximum atomic E-state index is 13.0. The first kappa shape index (κ1) is 24.0. The highest BCUT2D eigenvalue weighted by molar-refractivity contribution is 5.93. The molecule has 2 aliphatic heterocycles. The lowest BCUT2D eigenvalue weighted by Gasteiger charge is -2.31. The van der Waals surface area contributed by atoms with Crippen LogP contribution in [0.5, 0.6) is 0 Å². The lowest BCUT2D eigenvalue weighted by Crippen LogP contribution is -2.39. The fourth-order valence-corrected chi connectivity index (χ4v) is 5.10. The average molecular weight is 484 g/mol. The SMILES string of the molecule is O=C(/C=C/c1cn(Cc2ccccc2)nc1-c1cccnc1)N1CCC(CC(=O)N2CCCC2)CC1. The molecule has 5 rings (SSSR count). The van der Waals surface area contributed by atoms with Crippen LogP contribution in [0.1, 0.15) is 43.2 Å². The molecule has 2 fully saturated rings. The molecule has 2 saturated heterocycles. The van der Waals surface area contributed by atoms with E-state index in [1.165, 1.54) is 0 Å². The van der Waals surface area contributed by atoms with E-state index in [0.717, 1.165) is 61.2 Å². The molecule has 2 amide bonds. The Hall–Kier alpha value is -3.74. The van der Waals surface area contributed by atoms with Crippen LogP contribution in [-0.4, -0.2) is 62.6 Å². The predicted octanol–water partition coefficient (Wildman–Crippen LogP) is 4.26. The van der Waals surface area contributed by atoms with Crippen molar-refractivity contribution >= 4 is 17.9 Å². The second-order valence-corrected chi connectivity index (χ2v) is 9.75. The molecule has 2 aromatic heterocycles. The second kappa shape index (κ2) is 11.3. The molecule has 0 spiro atoms. The van der Waals surface area contributed by atoms with Gasteiger partial charge in [0.2, 0.25) is 11.8 Å². The van der Waals surface area contributed by atoms with Crippen LogP contribution in [0.3, 0.4) is 0 Å². The zero-order valence-electron chi connectivity index (χ0n) is 20.6. The maximum Gasteiger partial charge on any atom is 0.246 e. The summed E-state index contributed by atoms with van der Waals surface area (Å²) in [5, 5.41) is 4.80. The van der Waals surface area contributed by atoms with Crippen molar-refractivity contribution in [1.29, 1.82) is 0 Å². The Bertz CT molecular complexity index is 1190. The minimum Gasteiger partial charge on any atom is -0.343 e. The number of pyridine rings is 1. The standard InChI is InChI=1S/C29H33N5O2/c35-27(33-17-12-23(13-18-33)19-28(36)32-15-4-5-16-32)11-10-26-22-34(21-24-7-2-1-3-8-24)31-29(26)25-9-6-14-30-20-25/h1-3,6-11,14,20,22-23H,4-5,12-13,15-19,21H2/b11-10+. The minimum atomic E-state index is 0.00673. The largest absolute Gasteiger partial charge is 0.343 e. The van der Waals surface area contributed by atoms with E-state index < -0.39 is 0 Å². The highest BCUT2D eigenvalue weighted by Crippen LogP contribution is 2.25. The molecule has 0 radical (unpaired) electrons. The molecule has 2 aliphatic rings. The van der Waals surface area contributed by atoms with Crippen molar-refractivity contribution in [3.05, 3.63) is 78.3 Å². The normalized spacial score (nSPS) is 16.7. The van der Waals surface area contributed by atoms with E-state index in [1.807, 2.05) is 57.1 Å². The Morgan fingerprint density at radius 2 is 1.72 bits per heavy atom. The molecule has 0 atom stereocenters. The molecule has 0 saturated carbocycles. The third kappa shape index (κ3) is 5.90. The van der Waals surface area contributed by atoms with E-state index in [2.05, 4.69) is 17.1 Å². The molecule has 0 N–H and O–H groups in total. The summed E-state index contributed by atoms with van der Waals surface area (Å²) in [6.45, 7) is 3.86. The van der Waals surface area contributed by atoms with Crippen LogP contribution in [0.2, 0.25) is 0 Å². The van der Waals surface area contributed by atoms with Gasteiger partial charge in [-0.3, -0.25) is 19.3 Å². The molecule has 0 bridgehead atoms. The molecule has 186 valence electrons. The van der Waals surface area contributed by atoms with Gasteiger partial charge in [-0.15, -0.1) is 0 Å². The summed E-state index contributed by atoms with van der Waals surface area (Å²) < 4.78 is 1.91. The summed E-state index contributed by atoms with van der Waals surface area (Å²) in [5.41, 5.74) is 3.77. The number of nitrogens with zero attached hydrogens (tertiary/aromatic N) is 5. The van der Waals surface area contributed by atoms with Gasteiger partial charge in [-0.05, 0) is 55.4 Å². The Morgan fingerprint density at radius 1 is 0.944 bits per heavy atom. The molecule has 0 aliphatic carbocycles. The summed E-state index contributed by atoms with van der Waals surface area (Å²) in [7, 11) is 0. The number of benzene rings is 1. The fraction of sp³-hybridized carbons (Fsp3) is 0.379. The van der Waals surface area contributed by atoms with Gasteiger partial charge in [-0.25, -0.2) is 0 Å². The maximum absolute atomic E-state index is 13.0. The van der Waals surface area contributed by atoms with Gasteiger partial charge in [0, 0.05) is 68.4 Å². The van der Waals surface area contributed by atoms with Gasteiger partial charge < -0.3 is 9.80 Å². The van der Waals surface area contributed by atoms with Crippen LogP contribution in [0.25, 0.3) is 17.3 Å². The minimum absolute atomic E-state index is 0.00673. The van der Waals surface area contributed by atoms with Gasteiger partial charge in [0.1, 0.15) is 5.69 Å². The van der Waals surface area contributed by atoms with Crippen molar-refractivity contribution in [1.82, 2.24) is 24.6 Å². The molecule has 0 unspecified atom stereocenters. The highest BCUT2D eigenvalue weighted by Gasteiger charge is 2.26. The van der Waals surface area contributed by atoms with E-state index in [9.17, 15) is 9.59 Å². The number of hydrogen-bond donors (Lipinski definition) is 0. The molecule has 3 aromatic rings. The summed E-state index contributed by atoms with van der Waals surface area (Å²) >= 11 is 0. The quantitative estimate of drug-likeness (QED) is 0.471. The Labute approximate surface area is 212 Å². The monoisotopic (exact) mass is 483 g/mol. The number of aromatic nitrogens is 3. The van der Waals surface area contributed by atoms with Gasteiger partial charge in [0.05, 0.1) is 6.54 Å². The lowest BCUT2D eigenvalue weighted by molar-refractivity contribution is -0.131. The number of carbonyl (C=O) groups excluding carboxylic acids is 2. The smallest absolute Gasteiger partial charge is 0.246 e. The van der Waals surface area contributed by atoms with Crippen molar-refractivity contribution in [2.45, 2.75) is 38.6 Å². The summed E-state index contributed by atoms with van der Waals surface area (Å²) in [6, 6.07) is 14.1. The predicted molar refractivity (Wildman–Crippen MR) is 140 cm³/mol. The van der Waals surface area contributed by atoms with Crippen LogP contribution < -0.4 is 0 Å². The van der Waals surface area contributed by atoms with Crippen molar-refractivity contribution in [3.8, 4) is 11.3 Å². The Kier molecular flexibility index (Phi) is 7.55. The molecule has 36 heavy (non-hydrogen) atoms. The van der Waals surface area contributed by atoms with E-state index in [1.54, 1.807) is 18.5 Å². The number of hydrogen-bond acceptors (Lipinski definition) is 4. The van der Waals surface area contributed by atoms with Crippen molar-refractivity contribution in [3.63, 3.8) is 0 Å². The van der Waals surface area contributed by atoms with E-state index in [-0.39, 0.29) is 11.8 Å². The van der Waals surface area contributed by atoms with Crippen LogP contribution in [0.4, 0.5) is 0 Å². The number of rotatable bonds is 7. The lowest BCUT2D eigenvalue weighted by atomic mass is 9.93. The van der Waals surface area contributed by atoms with E-state index >= 15 is 0 Å². The first-order valence-corrected chi connectivity index (χ1v) is 12.9. The van der Waals surface area contributed by atoms with Crippen molar-refractivity contribution in [2.75, 3.05) is 26.2 Å². The van der Waals surface area contributed by atoms with Crippen LogP contribution in [0.15, 0.2) is 67.1 Å². The molecular formula is C29H33N5O2. The van der Waals surface area contributed by atoms with Crippen molar-refractivity contribution in [2.24, 2.45) is 5.92 Å². The molecule has 7 nitrogen and oxygen atoms in total. The summed E-state index contributed by atoms with van der Waals surface area (Å²) in [4.78, 5) is 33.6. The fourth-order valence-electron chi connectivity index (χ4n) is 5.10. The van der Waals surface area contributed by atoms with Crippen LogP contribution >= 0.6 is 0 Å². The second-order valence-electron chi connectivity index (χ2n) is 9.75. The number of likely N-dealkylation sites (tertiary alicyclic amines) is 2. The Balaban J connectivity index is 1.23. The van der Waals surface area contributed by atoms with Crippen molar-refractivity contribution < 1.29 is 9.59 Å². The number of piperidine rings is 1. The van der Waals surface area contributed by atoms with Gasteiger partial charge in [-0.1, -0.05) is 30.3 Å². The topological polar surface area (TPSA) is 71.3 Å². The number of carbonyl (C=O) groups is 2. The molecule has 7 heteroatoms. The summed E-state index contributed by atoms with van der Waals surface area (Å²) in [5.74, 6) is 0.666. The van der Waals surface area contributed by atoms with Gasteiger partial charge in [-0.2, -0.15) is 5.10 Å². The molecular weight excluding hydrogens is 450 g/mol. The van der Waals surface area contributed by atoms with Crippen LogP contribution in [0, 0.1) is 5.92 Å². The first-order valence-electron chi connectivity index (χ1n) is 12.9. The van der Waals surface area contributed by atoms with Gasteiger partial charge in [0.15, 0.2) is 0 Å². The summed E-state index contributed by atoms with van der Waals surface area (Å²) in [6.07, 6.45) is 13.7. The van der Waals surface area contributed by atoms with E-state index in [4.69, 9.17) is 5.10 Å². The Morgan fingerprint density at radius 3 is 2.44 bits per heavy atom. The first-order chi connectivity index (χ1) is 17.7. The molecule has 1 aromatic carbocycles. The number of amides is 2. The third-order valence-electron chi connectivity index (χ3n) is 7.17. The average Bonchev–Trinajstić information content (AvgIpc) is 3.60. The molecule has 4 heterocycles.